The van der Waals surface area contributed by atoms with E-state index in [0.29, 0.717) is 23.7 Å². The average molecular weight is 316 g/mol. The lowest BCUT2D eigenvalue weighted by molar-refractivity contribution is -0.162. The highest BCUT2D eigenvalue weighted by Gasteiger charge is 2.61. The van der Waals surface area contributed by atoms with Crippen LogP contribution in [0, 0.1) is 40.4 Å². The molecule has 4 aliphatic carbocycles. The van der Waals surface area contributed by atoms with Crippen LogP contribution in [0.5, 0.6) is 0 Å². The zero-order valence-electron chi connectivity index (χ0n) is 14.8. The fourth-order valence-electron chi connectivity index (χ4n) is 7.57. The number of hydrogen-bond donors (Lipinski definition) is 1. The van der Waals surface area contributed by atoms with Crippen molar-refractivity contribution in [2.75, 3.05) is 0 Å². The second kappa shape index (κ2) is 5.18. The molecular formula is C21H32O2. The third-order valence-corrected chi connectivity index (χ3v) is 8.92. The van der Waals surface area contributed by atoms with Gasteiger partial charge in [0.05, 0.1) is 0 Å². The van der Waals surface area contributed by atoms with Crippen molar-refractivity contribution in [1.29, 1.82) is 0 Å². The molecule has 0 bridgehead atoms. The molecule has 0 aromatic heterocycles. The maximum absolute atomic E-state index is 12.0. The van der Waals surface area contributed by atoms with Crippen LogP contribution in [0.1, 0.15) is 65.2 Å². The summed E-state index contributed by atoms with van der Waals surface area (Å²) in [6.07, 6.45) is 10.7. The second-order valence-electron chi connectivity index (χ2n) is 9.44. The Kier molecular flexibility index (Phi) is 3.58. The van der Waals surface area contributed by atoms with Crippen molar-refractivity contribution >= 4 is 5.78 Å². The highest BCUT2D eigenvalue weighted by Crippen LogP contribution is 2.67. The molecule has 4 fully saturated rings. The van der Waals surface area contributed by atoms with Crippen molar-refractivity contribution in [2.45, 2.75) is 71.3 Å². The van der Waals surface area contributed by atoms with Crippen molar-refractivity contribution in [2.24, 2.45) is 40.4 Å². The summed E-state index contributed by atoms with van der Waals surface area (Å²) in [5, 5.41) is 10.5. The molecule has 4 saturated carbocycles. The van der Waals surface area contributed by atoms with Crippen molar-refractivity contribution in [3.63, 3.8) is 0 Å². The number of Topliss-reactive ketones (excluding diaryl/α,β-unsaturated/α-hetero) is 1. The van der Waals surface area contributed by atoms with E-state index in [-0.39, 0.29) is 17.1 Å². The van der Waals surface area contributed by atoms with Crippen LogP contribution >= 0.6 is 0 Å². The zero-order valence-corrected chi connectivity index (χ0v) is 14.8. The Labute approximate surface area is 140 Å². The quantitative estimate of drug-likeness (QED) is 0.729. The zero-order chi connectivity index (χ0) is 16.4. The predicted molar refractivity (Wildman–Crippen MR) is 91.8 cm³/mol. The van der Waals surface area contributed by atoms with E-state index in [1.165, 1.54) is 32.1 Å². The minimum absolute atomic E-state index is 0.0964. The third-order valence-electron chi connectivity index (χ3n) is 8.92. The van der Waals surface area contributed by atoms with Gasteiger partial charge in [0.15, 0.2) is 5.78 Å². The summed E-state index contributed by atoms with van der Waals surface area (Å²) in [6, 6.07) is 0. The van der Waals surface area contributed by atoms with Gasteiger partial charge in [0.25, 0.3) is 0 Å². The molecule has 128 valence electrons. The molecule has 0 aromatic carbocycles. The van der Waals surface area contributed by atoms with Crippen LogP contribution in [0.4, 0.5) is 0 Å². The fraction of sp³-hybridized carbons (Fsp3) is 0.857. The molecule has 0 radical (unpaired) electrons. The van der Waals surface area contributed by atoms with Crippen molar-refractivity contribution in [3.8, 4) is 0 Å². The summed E-state index contributed by atoms with van der Waals surface area (Å²) in [5.41, 5.74) is 0.638. The van der Waals surface area contributed by atoms with Crippen LogP contribution < -0.4 is 0 Å². The third kappa shape index (κ3) is 2.00. The van der Waals surface area contributed by atoms with E-state index >= 15 is 0 Å². The average Bonchev–Trinajstić information content (AvgIpc) is 2.88. The number of ketones is 1. The highest BCUT2D eigenvalue weighted by atomic mass is 16.3. The summed E-state index contributed by atoms with van der Waals surface area (Å²) in [5.74, 6) is 3.35. The minimum Gasteiger partial charge on any atom is -0.385 e. The van der Waals surface area contributed by atoms with E-state index in [4.69, 9.17) is 0 Å². The number of aliphatic hydroxyl groups excluding tert-OH is 1. The first-order valence-electron chi connectivity index (χ1n) is 9.75. The van der Waals surface area contributed by atoms with Crippen LogP contribution in [0.25, 0.3) is 0 Å². The summed E-state index contributed by atoms with van der Waals surface area (Å²) >= 11 is 0. The van der Waals surface area contributed by atoms with Gasteiger partial charge in [0.1, 0.15) is 6.10 Å². The lowest BCUT2D eigenvalue weighted by atomic mass is 9.44. The van der Waals surface area contributed by atoms with Gasteiger partial charge in [0.2, 0.25) is 0 Å². The molecule has 0 heterocycles. The number of allylic oxidation sites excluding steroid dienone is 1. The maximum Gasteiger partial charge on any atom is 0.161 e. The van der Waals surface area contributed by atoms with Crippen molar-refractivity contribution < 1.29 is 9.90 Å². The Morgan fingerprint density at radius 3 is 2.43 bits per heavy atom. The van der Waals surface area contributed by atoms with Crippen molar-refractivity contribution in [3.05, 3.63) is 12.7 Å². The number of hydrogen-bond acceptors (Lipinski definition) is 2. The summed E-state index contributed by atoms with van der Waals surface area (Å²) in [6.45, 7) is 9.02. The molecule has 0 amide bonds. The van der Waals surface area contributed by atoms with Crippen LogP contribution in [0.2, 0.25) is 0 Å². The molecular weight excluding hydrogens is 284 g/mol. The smallest absolute Gasteiger partial charge is 0.161 e. The van der Waals surface area contributed by atoms with Gasteiger partial charge in [-0.3, -0.25) is 4.79 Å². The topological polar surface area (TPSA) is 37.3 Å². The second-order valence-corrected chi connectivity index (χ2v) is 9.44. The molecule has 0 saturated heterocycles. The van der Waals surface area contributed by atoms with Crippen LogP contribution in [-0.4, -0.2) is 17.0 Å². The Hall–Kier alpha value is -0.630. The molecule has 2 nitrogen and oxygen atoms in total. The van der Waals surface area contributed by atoms with Gasteiger partial charge in [-0.15, -0.1) is 6.58 Å². The van der Waals surface area contributed by atoms with Gasteiger partial charge < -0.3 is 5.11 Å². The summed E-state index contributed by atoms with van der Waals surface area (Å²) < 4.78 is 0. The normalized spacial score (nSPS) is 55.7. The molecule has 0 aromatic rings. The standard InChI is InChI=1S/C21H32O2/c1-4-13-5-7-15-14-6-8-17-19(23)18(22)10-12-21(17,3)16(14)9-11-20(13,15)2/h4,13-17,19,23H,1,5-12H2,2-3H3/t13-,14-,15-,16-,17?,19?,20+,21+/m0/s1. The molecule has 2 heteroatoms. The summed E-state index contributed by atoms with van der Waals surface area (Å²) in [4.78, 5) is 12.0. The first-order valence-corrected chi connectivity index (χ1v) is 9.75. The van der Waals surface area contributed by atoms with Gasteiger partial charge in [-0.25, -0.2) is 0 Å². The number of fused-ring (bicyclic) bond motifs is 5. The first kappa shape index (κ1) is 15.9. The van der Waals surface area contributed by atoms with Crippen LogP contribution in [-0.2, 0) is 4.79 Å². The predicted octanol–water partition coefficient (Wildman–Crippen LogP) is 4.37. The molecule has 0 aliphatic heterocycles. The lowest BCUT2D eigenvalue weighted by Crippen LogP contribution is -2.57. The summed E-state index contributed by atoms with van der Waals surface area (Å²) in [7, 11) is 0. The monoisotopic (exact) mass is 316 g/mol. The van der Waals surface area contributed by atoms with Crippen LogP contribution in [0.3, 0.4) is 0 Å². The molecule has 4 rings (SSSR count). The highest BCUT2D eigenvalue weighted by molar-refractivity contribution is 5.84. The Morgan fingerprint density at radius 1 is 1.00 bits per heavy atom. The number of rotatable bonds is 1. The van der Waals surface area contributed by atoms with Gasteiger partial charge in [-0.2, -0.15) is 0 Å². The first-order chi connectivity index (χ1) is 10.9. The molecule has 2 unspecified atom stereocenters. The minimum atomic E-state index is -0.687. The SMILES string of the molecule is C=C[C@H]1CC[C@H]2[C@@H]3CCC4C(O)C(=O)CC[C@]4(C)[C@H]3CC[C@]12C. The fourth-order valence-corrected chi connectivity index (χ4v) is 7.57. The van der Waals surface area contributed by atoms with Crippen LogP contribution in [0.15, 0.2) is 12.7 Å². The van der Waals surface area contributed by atoms with Gasteiger partial charge in [-0.1, -0.05) is 19.9 Å². The molecule has 8 atom stereocenters. The van der Waals surface area contributed by atoms with E-state index in [1.54, 1.807) is 0 Å². The van der Waals surface area contributed by atoms with Gasteiger partial charge in [-0.05, 0) is 85.4 Å². The molecule has 23 heavy (non-hydrogen) atoms. The van der Waals surface area contributed by atoms with E-state index in [9.17, 15) is 9.90 Å². The molecule has 1 N–H and O–H groups in total. The Balaban J connectivity index is 1.65. The van der Waals surface area contributed by atoms with E-state index in [2.05, 4.69) is 26.5 Å². The van der Waals surface area contributed by atoms with Crippen molar-refractivity contribution in [1.82, 2.24) is 0 Å². The Bertz CT molecular complexity index is 526. The number of carbonyl (C=O) groups excluding carboxylic acids is 1. The number of carbonyl (C=O) groups is 1. The van der Waals surface area contributed by atoms with E-state index in [0.717, 1.165) is 24.7 Å². The van der Waals surface area contributed by atoms with E-state index in [1.807, 2.05) is 0 Å². The molecule has 0 spiro atoms. The largest absolute Gasteiger partial charge is 0.385 e. The maximum atomic E-state index is 12.0. The van der Waals surface area contributed by atoms with E-state index < -0.39 is 6.10 Å². The van der Waals surface area contributed by atoms with Gasteiger partial charge >= 0.3 is 0 Å². The van der Waals surface area contributed by atoms with Gasteiger partial charge in [0, 0.05) is 6.42 Å². The number of aliphatic hydroxyl groups is 1. The lowest BCUT2D eigenvalue weighted by Gasteiger charge is -2.60. The Morgan fingerprint density at radius 2 is 1.70 bits per heavy atom. The molecule has 4 aliphatic rings.